The second-order valence-electron chi connectivity index (χ2n) is 3.01. The molecule has 0 aliphatic rings. The fourth-order valence-electron chi connectivity index (χ4n) is 1.27. The largest absolute Gasteiger partial charge is 0.431 e. The van der Waals surface area contributed by atoms with E-state index in [0.29, 0.717) is 5.69 Å². The Morgan fingerprint density at radius 1 is 1.33 bits per heavy atom. The summed E-state index contributed by atoms with van der Waals surface area (Å²) in [7, 11) is 0. The van der Waals surface area contributed by atoms with Crippen molar-refractivity contribution < 1.29 is 13.2 Å². The van der Waals surface area contributed by atoms with Crippen molar-refractivity contribution >= 4 is 17.4 Å². The molecule has 0 unspecified atom stereocenters. The van der Waals surface area contributed by atoms with Crippen LogP contribution in [0.3, 0.4) is 0 Å². The zero-order valence-electron chi connectivity index (χ0n) is 7.51. The van der Waals surface area contributed by atoms with E-state index in [9.17, 15) is 13.2 Å². The van der Waals surface area contributed by atoms with E-state index >= 15 is 0 Å². The first-order chi connectivity index (χ1) is 6.88. The molecule has 15 heavy (non-hydrogen) atoms. The lowest BCUT2D eigenvalue weighted by molar-refractivity contribution is -0.142. The zero-order valence-corrected chi connectivity index (χ0v) is 8.26. The van der Waals surface area contributed by atoms with Crippen LogP contribution < -0.4 is 0 Å². The summed E-state index contributed by atoms with van der Waals surface area (Å²) < 4.78 is 38.6. The highest BCUT2D eigenvalue weighted by Crippen LogP contribution is 2.30. The molecular weight excluding hydrogens is 231 g/mol. The van der Waals surface area contributed by atoms with Crippen molar-refractivity contribution in [3.05, 3.63) is 28.8 Å². The van der Waals surface area contributed by atoms with Gasteiger partial charge in [-0.25, -0.2) is 9.97 Å². The van der Waals surface area contributed by atoms with E-state index in [1.807, 2.05) is 0 Å². The third-order valence-corrected chi connectivity index (χ3v) is 2.01. The molecule has 0 N–H and O–H groups in total. The first-order valence-corrected chi connectivity index (χ1v) is 4.35. The minimum absolute atomic E-state index is 0.0488. The Balaban J connectivity index is 2.82. The molecular formula is C8H5ClF3N3. The van der Waals surface area contributed by atoms with E-state index < -0.39 is 11.9 Å². The predicted octanol–water partition coefficient (Wildman–Crippen LogP) is 2.71. The third-order valence-electron chi connectivity index (χ3n) is 1.82. The molecule has 0 aliphatic carbocycles. The number of nitrogens with zero attached hydrogens (tertiary/aromatic N) is 3. The number of hydrogen-bond donors (Lipinski definition) is 0. The number of halogens is 4. The van der Waals surface area contributed by atoms with Gasteiger partial charge >= 0.3 is 6.18 Å². The van der Waals surface area contributed by atoms with Gasteiger partial charge in [-0.15, -0.1) is 0 Å². The average Bonchev–Trinajstić information content (AvgIpc) is 2.41. The van der Waals surface area contributed by atoms with Gasteiger partial charge in [-0.1, -0.05) is 11.6 Å². The van der Waals surface area contributed by atoms with Gasteiger partial charge in [-0.2, -0.15) is 13.2 Å². The number of aromatic nitrogens is 3. The normalized spacial score (nSPS) is 12.3. The topological polar surface area (TPSA) is 30.2 Å². The van der Waals surface area contributed by atoms with Gasteiger partial charge in [-0.05, 0) is 6.92 Å². The highest BCUT2D eigenvalue weighted by molar-refractivity contribution is 6.29. The molecule has 0 aromatic carbocycles. The smallest absolute Gasteiger partial charge is 0.279 e. The van der Waals surface area contributed by atoms with Crippen LogP contribution in [0.1, 0.15) is 11.4 Å². The molecule has 0 radical (unpaired) electrons. The van der Waals surface area contributed by atoms with Crippen molar-refractivity contribution in [3.8, 4) is 0 Å². The minimum atomic E-state index is -4.47. The maximum Gasteiger partial charge on any atom is 0.431 e. The van der Waals surface area contributed by atoms with Crippen LogP contribution >= 0.6 is 11.6 Å². The fraction of sp³-hybridized carbons (Fsp3) is 0.250. The Labute approximate surface area is 87.5 Å². The lowest BCUT2D eigenvalue weighted by Gasteiger charge is -2.08. The van der Waals surface area contributed by atoms with Gasteiger partial charge in [0, 0.05) is 12.3 Å². The molecule has 3 nitrogen and oxygen atoms in total. The van der Waals surface area contributed by atoms with Crippen LogP contribution in [0.5, 0.6) is 0 Å². The summed E-state index contributed by atoms with van der Waals surface area (Å²) in [5, 5.41) is -0.222. The van der Waals surface area contributed by atoms with E-state index in [0.717, 1.165) is 10.5 Å². The molecule has 2 heterocycles. The summed E-state index contributed by atoms with van der Waals surface area (Å²) in [4.78, 5) is 7.50. The summed E-state index contributed by atoms with van der Waals surface area (Å²) in [6.45, 7) is 1.59. The van der Waals surface area contributed by atoms with Gasteiger partial charge in [-0.3, -0.25) is 4.40 Å². The van der Waals surface area contributed by atoms with Gasteiger partial charge in [0.15, 0.2) is 0 Å². The Hall–Kier alpha value is -1.30. The van der Waals surface area contributed by atoms with E-state index in [2.05, 4.69) is 9.97 Å². The van der Waals surface area contributed by atoms with Crippen LogP contribution in [-0.4, -0.2) is 14.4 Å². The van der Waals surface area contributed by atoms with Crippen molar-refractivity contribution in [1.82, 2.24) is 14.4 Å². The quantitative estimate of drug-likeness (QED) is 0.657. The molecule has 2 rings (SSSR count). The summed E-state index contributed by atoms with van der Waals surface area (Å²) >= 11 is 5.47. The van der Waals surface area contributed by atoms with Crippen molar-refractivity contribution in [2.75, 3.05) is 0 Å². The highest BCUT2D eigenvalue weighted by atomic mass is 35.5. The number of aryl methyl sites for hydroxylation is 1. The SMILES string of the molecule is Cc1cn2c(C(F)(F)F)cc(Cl)nc2n1. The Kier molecular flexibility index (Phi) is 2.11. The van der Waals surface area contributed by atoms with Crippen molar-refractivity contribution in [3.63, 3.8) is 0 Å². The maximum absolute atomic E-state index is 12.6. The second kappa shape index (κ2) is 3.10. The minimum Gasteiger partial charge on any atom is -0.279 e. The van der Waals surface area contributed by atoms with Gasteiger partial charge in [0.2, 0.25) is 5.78 Å². The first-order valence-electron chi connectivity index (χ1n) is 3.97. The number of alkyl halides is 3. The second-order valence-corrected chi connectivity index (χ2v) is 3.40. The predicted molar refractivity (Wildman–Crippen MR) is 47.7 cm³/mol. The van der Waals surface area contributed by atoms with Crippen LogP contribution in [0.25, 0.3) is 5.78 Å². The van der Waals surface area contributed by atoms with Crippen molar-refractivity contribution in [2.24, 2.45) is 0 Å². The Morgan fingerprint density at radius 2 is 2.00 bits per heavy atom. The molecule has 0 bridgehead atoms. The Bertz CT molecular complexity index is 518. The lowest BCUT2D eigenvalue weighted by atomic mass is 10.4. The van der Waals surface area contributed by atoms with Crippen molar-refractivity contribution in [1.29, 1.82) is 0 Å². The lowest BCUT2D eigenvalue weighted by Crippen LogP contribution is -2.11. The average molecular weight is 236 g/mol. The molecule has 0 amide bonds. The number of rotatable bonds is 0. The molecule has 2 aromatic rings. The third kappa shape index (κ3) is 1.77. The van der Waals surface area contributed by atoms with Gasteiger partial charge in [0.1, 0.15) is 10.8 Å². The van der Waals surface area contributed by atoms with Crippen molar-refractivity contribution in [2.45, 2.75) is 13.1 Å². The molecule has 0 aliphatic heterocycles. The monoisotopic (exact) mass is 235 g/mol. The summed E-state index contributed by atoms with van der Waals surface area (Å²) in [5.74, 6) is -0.0488. The van der Waals surface area contributed by atoms with Gasteiger partial charge in [0.05, 0.1) is 5.69 Å². The van der Waals surface area contributed by atoms with Crippen LogP contribution in [0.4, 0.5) is 13.2 Å². The van der Waals surface area contributed by atoms with E-state index in [1.165, 1.54) is 6.20 Å². The summed E-state index contributed by atoms with van der Waals surface area (Å²) in [6.07, 6.45) is -3.21. The molecule has 7 heteroatoms. The molecule has 0 saturated carbocycles. The van der Waals surface area contributed by atoms with Crippen LogP contribution in [0.15, 0.2) is 12.3 Å². The first kappa shape index (κ1) is 10.2. The number of fused-ring (bicyclic) bond motifs is 1. The molecule has 0 fully saturated rings. The number of hydrogen-bond acceptors (Lipinski definition) is 2. The van der Waals surface area contributed by atoms with Crippen LogP contribution in [0.2, 0.25) is 5.15 Å². The highest BCUT2D eigenvalue weighted by Gasteiger charge is 2.34. The Morgan fingerprint density at radius 3 is 2.60 bits per heavy atom. The molecule has 2 aromatic heterocycles. The van der Waals surface area contributed by atoms with E-state index in [4.69, 9.17) is 11.6 Å². The summed E-state index contributed by atoms with van der Waals surface area (Å²) in [6, 6.07) is 0.773. The molecule has 0 saturated heterocycles. The molecule has 80 valence electrons. The van der Waals surface area contributed by atoms with Crippen LogP contribution in [-0.2, 0) is 6.18 Å². The van der Waals surface area contributed by atoms with Gasteiger partial charge in [0.25, 0.3) is 0 Å². The fourth-order valence-corrected chi connectivity index (χ4v) is 1.45. The standard InChI is InChI=1S/C8H5ClF3N3/c1-4-3-15-5(8(10,11)12)2-6(9)14-7(15)13-4/h2-3H,1H3. The van der Waals surface area contributed by atoms with Gasteiger partial charge < -0.3 is 0 Å². The summed E-state index contributed by atoms with van der Waals surface area (Å²) in [5.41, 5.74) is -0.423. The van der Waals surface area contributed by atoms with E-state index in [1.54, 1.807) is 6.92 Å². The van der Waals surface area contributed by atoms with E-state index in [-0.39, 0.29) is 10.9 Å². The molecule has 0 spiro atoms. The maximum atomic E-state index is 12.6. The molecule has 0 atom stereocenters. The number of imidazole rings is 1. The van der Waals surface area contributed by atoms with Crippen LogP contribution in [0, 0.1) is 6.92 Å². The zero-order chi connectivity index (χ0) is 11.2.